The molecule has 1 saturated heterocycles. The molecule has 0 aliphatic carbocycles. The molecule has 2 heterocycles. The van der Waals surface area contributed by atoms with E-state index in [1.165, 1.54) is 6.08 Å². The van der Waals surface area contributed by atoms with Gasteiger partial charge in [-0.2, -0.15) is 0 Å². The first-order valence-electron chi connectivity index (χ1n) is 9.54. The van der Waals surface area contributed by atoms with E-state index < -0.39 is 14.6 Å². The zero-order valence-electron chi connectivity index (χ0n) is 16.8. The molecule has 1 aromatic carbocycles. The minimum Gasteiger partial charge on any atom is -0.455 e. The Morgan fingerprint density at radius 1 is 1.19 bits per heavy atom. The van der Waals surface area contributed by atoms with Gasteiger partial charge in [0.2, 0.25) is 0 Å². The molecule has 148 valence electrons. The van der Waals surface area contributed by atoms with Crippen LogP contribution in [0.25, 0.3) is 0 Å². The molecule has 0 N–H and O–H groups in total. The van der Waals surface area contributed by atoms with Gasteiger partial charge < -0.3 is 18.6 Å². The van der Waals surface area contributed by atoms with Crippen molar-refractivity contribution < 1.29 is 23.4 Å². The molecule has 1 fully saturated rings. The van der Waals surface area contributed by atoms with E-state index in [9.17, 15) is 4.79 Å². The zero-order valence-corrected chi connectivity index (χ0v) is 17.8. The lowest BCUT2D eigenvalue weighted by Gasteiger charge is -2.44. The molecule has 0 aromatic heterocycles. The van der Waals surface area contributed by atoms with Crippen LogP contribution in [0.4, 0.5) is 0 Å². The zero-order chi connectivity index (χ0) is 19.7. The van der Waals surface area contributed by atoms with E-state index in [2.05, 4.69) is 33.9 Å². The van der Waals surface area contributed by atoms with Crippen LogP contribution in [0.2, 0.25) is 18.1 Å². The number of carbonyl (C=O) groups is 1. The van der Waals surface area contributed by atoms with Crippen LogP contribution in [0.1, 0.15) is 39.0 Å². The van der Waals surface area contributed by atoms with Gasteiger partial charge in [-0.1, -0.05) is 51.1 Å². The van der Waals surface area contributed by atoms with E-state index in [4.69, 9.17) is 18.6 Å². The summed E-state index contributed by atoms with van der Waals surface area (Å²) in [4.78, 5) is 11.4. The van der Waals surface area contributed by atoms with E-state index in [-0.39, 0.29) is 29.3 Å². The molecule has 0 bridgehead atoms. The summed E-state index contributed by atoms with van der Waals surface area (Å²) in [5, 5.41) is 0.0908. The Kier molecular flexibility index (Phi) is 5.91. The molecule has 1 aromatic rings. The van der Waals surface area contributed by atoms with Gasteiger partial charge in [-0.3, -0.25) is 0 Å². The summed E-state index contributed by atoms with van der Waals surface area (Å²) in [6, 6.07) is 9.89. The fourth-order valence-electron chi connectivity index (χ4n) is 3.00. The molecule has 0 radical (unpaired) electrons. The largest absolute Gasteiger partial charge is 0.455 e. The molecular formula is C21H30O5Si. The maximum Gasteiger partial charge on any atom is 0.331 e. The van der Waals surface area contributed by atoms with Crippen molar-refractivity contribution in [3.05, 3.63) is 48.0 Å². The maximum absolute atomic E-state index is 11.4. The van der Waals surface area contributed by atoms with Crippen molar-refractivity contribution in [2.24, 2.45) is 0 Å². The van der Waals surface area contributed by atoms with Crippen molar-refractivity contribution in [2.45, 2.75) is 69.9 Å². The van der Waals surface area contributed by atoms with Gasteiger partial charge in [-0.05, 0) is 24.2 Å². The Balaban J connectivity index is 1.75. The summed E-state index contributed by atoms with van der Waals surface area (Å²) in [6.07, 6.45) is 2.73. The Morgan fingerprint density at radius 3 is 2.48 bits per heavy atom. The number of rotatable bonds is 5. The van der Waals surface area contributed by atoms with E-state index in [1.807, 2.05) is 30.3 Å². The SMILES string of the molecule is CC(C)(C)[Si](C)(C)O[C@@H]1CO[C@@H](c2ccccc2)O[C@H]1C[C@@H]1C=CC(=O)O1. The fourth-order valence-corrected chi connectivity index (χ4v) is 4.33. The molecule has 6 heteroatoms. The second kappa shape index (κ2) is 7.87. The van der Waals surface area contributed by atoms with Crippen LogP contribution >= 0.6 is 0 Å². The molecule has 0 spiro atoms. The van der Waals surface area contributed by atoms with Crippen LogP contribution in [-0.4, -0.2) is 39.2 Å². The topological polar surface area (TPSA) is 54.0 Å². The predicted molar refractivity (Wildman–Crippen MR) is 106 cm³/mol. The first-order valence-corrected chi connectivity index (χ1v) is 12.5. The Bertz CT molecular complexity index is 680. The second-order valence-corrected chi connectivity index (χ2v) is 13.5. The highest BCUT2D eigenvalue weighted by Gasteiger charge is 2.44. The second-order valence-electron chi connectivity index (χ2n) is 8.74. The van der Waals surface area contributed by atoms with Crippen molar-refractivity contribution in [2.75, 3.05) is 6.61 Å². The maximum atomic E-state index is 11.4. The number of benzene rings is 1. The predicted octanol–water partition coefficient (Wildman–Crippen LogP) is 4.36. The Hall–Kier alpha value is -1.47. The lowest BCUT2D eigenvalue weighted by Crippen LogP contribution is -2.52. The quantitative estimate of drug-likeness (QED) is 0.552. The molecule has 0 amide bonds. The standard InChI is InChI=1S/C21H30O5Si/c1-21(2,3)27(4,5)26-18-14-23-20(15-9-7-6-8-10-15)25-17(18)13-16-11-12-19(22)24-16/h6-12,16-18,20H,13-14H2,1-5H3/t16-,17-,18+,20+/m0/s1. The average molecular weight is 391 g/mol. The van der Waals surface area contributed by atoms with Gasteiger partial charge >= 0.3 is 5.97 Å². The van der Waals surface area contributed by atoms with Crippen LogP contribution < -0.4 is 0 Å². The smallest absolute Gasteiger partial charge is 0.331 e. The number of carbonyl (C=O) groups excluding carboxylic acids is 1. The van der Waals surface area contributed by atoms with E-state index in [1.54, 1.807) is 6.08 Å². The lowest BCUT2D eigenvalue weighted by molar-refractivity contribution is -0.257. The van der Waals surface area contributed by atoms with E-state index in [0.717, 1.165) is 5.56 Å². The summed E-state index contributed by atoms with van der Waals surface area (Å²) in [6.45, 7) is 11.6. The van der Waals surface area contributed by atoms with Crippen LogP contribution in [-0.2, 0) is 23.4 Å². The number of ether oxygens (including phenoxy) is 3. The van der Waals surface area contributed by atoms with Crippen LogP contribution in [0.3, 0.4) is 0 Å². The molecule has 3 rings (SSSR count). The molecule has 2 aliphatic heterocycles. The molecule has 0 unspecified atom stereocenters. The van der Waals surface area contributed by atoms with E-state index >= 15 is 0 Å². The third-order valence-corrected chi connectivity index (χ3v) is 10.1. The van der Waals surface area contributed by atoms with Crippen molar-refractivity contribution >= 4 is 14.3 Å². The average Bonchev–Trinajstić information content (AvgIpc) is 3.01. The fraction of sp³-hybridized carbons (Fsp3) is 0.571. The van der Waals surface area contributed by atoms with E-state index in [0.29, 0.717) is 13.0 Å². The minimum absolute atomic E-state index is 0.0908. The summed E-state index contributed by atoms with van der Waals surface area (Å²) in [5.41, 5.74) is 0.979. The monoisotopic (exact) mass is 390 g/mol. The summed E-state index contributed by atoms with van der Waals surface area (Å²) in [7, 11) is -1.99. The van der Waals surface area contributed by atoms with Crippen LogP contribution in [0, 0.1) is 0 Å². The normalized spacial score (nSPS) is 29.0. The van der Waals surface area contributed by atoms with Crippen molar-refractivity contribution in [1.82, 2.24) is 0 Å². The van der Waals surface area contributed by atoms with Gasteiger partial charge in [0.05, 0.1) is 18.8 Å². The molecular weight excluding hydrogens is 360 g/mol. The molecule has 2 aliphatic rings. The molecule has 27 heavy (non-hydrogen) atoms. The van der Waals surface area contributed by atoms with Crippen molar-refractivity contribution in [3.8, 4) is 0 Å². The van der Waals surface area contributed by atoms with Gasteiger partial charge in [0.15, 0.2) is 14.6 Å². The van der Waals surface area contributed by atoms with Gasteiger partial charge in [-0.25, -0.2) is 4.79 Å². The summed E-state index contributed by atoms with van der Waals surface area (Å²) in [5.74, 6) is -0.298. The lowest BCUT2D eigenvalue weighted by atomic mass is 10.1. The summed E-state index contributed by atoms with van der Waals surface area (Å²) >= 11 is 0. The summed E-state index contributed by atoms with van der Waals surface area (Å²) < 4.78 is 24.2. The first-order chi connectivity index (χ1) is 12.7. The minimum atomic E-state index is -1.99. The number of hydrogen-bond donors (Lipinski definition) is 0. The van der Waals surface area contributed by atoms with Crippen LogP contribution in [0.5, 0.6) is 0 Å². The van der Waals surface area contributed by atoms with Crippen molar-refractivity contribution in [3.63, 3.8) is 0 Å². The van der Waals surface area contributed by atoms with Gasteiger partial charge in [0.25, 0.3) is 0 Å². The number of esters is 1. The van der Waals surface area contributed by atoms with Crippen molar-refractivity contribution in [1.29, 1.82) is 0 Å². The Morgan fingerprint density at radius 2 is 1.89 bits per heavy atom. The highest BCUT2D eigenvalue weighted by Crippen LogP contribution is 2.40. The molecule has 4 atom stereocenters. The third kappa shape index (κ3) is 4.88. The van der Waals surface area contributed by atoms with Crippen LogP contribution in [0.15, 0.2) is 42.5 Å². The number of cyclic esters (lactones) is 1. The Labute approximate surface area is 162 Å². The number of hydrogen-bond acceptors (Lipinski definition) is 5. The third-order valence-electron chi connectivity index (χ3n) is 5.63. The van der Waals surface area contributed by atoms with Gasteiger partial charge in [-0.15, -0.1) is 0 Å². The van der Waals surface area contributed by atoms with Gasteiger partial charge in [0, 0.05) is 18.1 Å². The highest BCUT2D eigenvalue weighted by molar-refractivity contribution is 6.74. The van der Waals surface area contributed by atoms with Gasteiger partial charge in [0.1, 0.15) is 6.10 Å². The molecule has 0 saturated carbocycles. The highest BCUT2D eigenvalue weighted by atomic mass is 28.4. The molecule has 5 nitrogen and oxygen atoms in total. The first kappa shape index (κ1) is 20.3.